The number of rotatable bonds is 3. The van der Waals surface area contributed by atoms with Gasteiger partial charge in [0.1, 0.15) is 0 Å². The molecule has 16 heavy (non-hydrogen) atoms. The van der Waals surface area contributed by atoms with Crippen LogP contribution in [0.25, 0.3) is 10.9 Å². The number of anilines is 2. The first-order valence-corrected chi connectivity index (χ1v) is 4.88. The van der Waals surface area contributed by atoms with Crippen molar-refractivity contribution in [3.8, 4) is 0 Å². The van der Waals surface area contributed by atoms with Crippen LogP contribution in [0, 0.1) is 0 Å². The van der Waals surface area contributed by atoms with Gasteiger partial charge in [-0.3, -0.25) is 5.43 Å². The van der Waals surface area contributed by atoms with Gasteiger partial charge in [0, 0.05) is 19.5 Å². The number of aromatic nitrogens is 2. The molecule has 1 aromatic heterocycles. The molecule has 0 unspecified atom stereocenters. The molecular weight excluding hydrogens is 204 g/mol. The van der Waals surface area contributed by atoms with E-state index in [9.17, 15) is 0 Å². The van der Waals surface area contributed by atoms with E-state index in [0.29, 0.717) is 5.95 Å². The van der Waals surface area contributed by atoms with Gasteiger partial charge in [0.15, 0.2) is 5.82 Å². The molecule has 0 spiro atoms. The Morgan fingerprint density at radius 1 is 1.19 bits per heavy atom. The van der Waals surface area contributed by atoms with Gasteiger partial charge in [0.2, 0.25) is 5.95 Å². The lowest BCUT2D eigenvalue weighted by Crippen LogP contribution is -2.21. The maximum Gasteiger partial charge on any atom is 0.239 e. The number of para-hydroxylation sites is 1. The highest BCUT2D eigenvalue weighted by molar-refractivity contribution is 5.89. The molecule has 0 radical (unpaired) electrons. The monoisotopic (exact) mass is 218 g/mol. The summed E-state index contributed by atoms with van der Waals surface area (Å²) >= 11 is 0. The lowest BCUT2D eigenvalue weighted by atomic mass is 10.2. The van der Waals surface area contributed by atoms with Crippen LogP contribution in [0.15, 0.2) is 24.3 Å². The van der Waals surface area contributed by atoms with Crippen molar-refractivity contribution in [1.29, 1.82) is 0 Å². The summed E-state index contributed by atoms with van der Waals surface area (Å²) in [5, 5.41) is 2.77. The molecule has 2 aromatic rings. The van der Waals surface area contributed by atoms with E-state index < -0.39 is 0 Å². The Balaban J connectivity index is 2.59. The van der Waals surface area contributed by atoms with E-state index in [1.807, 2.05) is 43.4 Å². The number of fused-ring (bicyclic) bond motifs is 1. The predicted octanol–water partition coefficient (Wildman–Crippen LogP) is 0.804. The quantitative estimate of drug-likeness (QED) is 0.522. The average Bonchev–Trinajstić information content (AvgIpc) is 2.28. The van der Waals surface area contributed by atoms with Gasteiger partial charge in [-0.1, -0.05) is 12.1 Å². The SMILES string of the molecule is CN(C)Nc1nc(NN)nc2ccccc12. The van der Waals surface area contributed by atoms with E-state index in [-0.39, 0.29) is 0 Å². The van der Waals surface area contributed by atoms with Crippen molar-refractivity contribution in [3.05, 3.63) is 24.3 Å². The van der Waals surface area contributed by atoms with E-state index in [0.717, 1.165) is 16.7 Å². The third-order valence-electron chi connectivity index (χ3n) is 2.06. The molecule has 0 aliphatic heterocycles. The first-order chi connectivity index (χ1) is 7.70. The third kappa shape index (κ3) is 2.02. The van der Waals surface area contributed by atoms with Crippen LogP contribution in [0.3, 0.4) is 0 Å². The van der Waals surface area contributed by atoms with Gasteiger partial charge < -0.3 is 5.43 Å². The van der Waals surface area contributed by atoms with Crippen molar-refractivity contribution >= 4 is 22.7 Å². The number of hydrogen-bond donors (Lipinski definition) is 3. The average molecular weight is 218 g/mol. The van der Waals surface area contributed by atoms with Gasteiger partial charge in [-0.25, -0.2) is 15.8 Å². The van der Waals surface area contributed by atoms with Gasteiger partial charge in [-0.2, -0.15) is 4.98 Å². The molecule has 0 atom stereocenters. The van der Waals surface area contributed by atoms with Crippen LogP contribution in [-0.4, -0.2) is 29.1 Å². The number of hydrazine groups is 2. The molecule has 0 amide bonds. The fourth-order valence-electron chi connectivity index (χ4n) is 1.44. The summed E-state index contributed by atoms with van der Waals surface area (Å²) in [5.74, 6) is 6.44. The minimum absolute atomic E-state index is 0.392. The second-order valence-corrected chi connectivity index (χ2v) is 3.56. The van der Waals surface area contributed by atoms with E-state index in [4.69, 9.17) is 5.84 Å². The Kier molecular flexibility index (Phi) is 2.84. The maximum atomic E-state index is 5.32. The molecule has 0 saturated heterocycles. The normalized spacial score (nSPS) is 10.8. The molecule has 4 N–H and O–H groups in total. The molecule has 1 aromatic carbocycles. The highest BCUT2D eigenvalue weighted by Gasteiger charge is 2.06. The number of nitrogens with two attached hydrogens (primary N) is 1. The van der Waals surface area contributed by atoms with Crippen molar-refractivity contribution in [2.75, 3.05) is 24.9 Å². The maximum absolute atomic E-state index is 5.32. The summed E-state index contributed by atoms with van der Waals surface area (Å²) in [6.45, 7) is 0. The summed E-state index contributed by atoms with van der Waals surface area (Å²) in [6.07, 6.45) is 0. The highest BCUT2D eigenvalue weighted by Crippen LogP contribution is 2.21. The van der Waals surface area contributed by atoms with Crippen molar-refractivity contribution in [2.45, 2.75) is 0 Å². The molecule has 6 nitrogen and oxygen atoms in total. The number of hydrogen-bond acceptors (Lipinski definition) is 6. The summed E-state index contributed by atoms with van der Waals surface area (Å²) in [7, 11) is 3.79. The smallest absolute Gasteiger partial charge is 0.239 e. The van der Waals surface area contributed by atoms with Crippen LogP contribution < -0.4 is 16.7 Å². The third-order valence-corrected chi connectivity index (χ3v) is 2.06. The first kappa shape index (κ1) is 10.6. The fourth-order valence-corrected chi connectivity index (χ4v) is 1.44. The lowest BCUT2D eigenvalue weighted by Gasteiger charge is -2.15. The molecule has 2 rings (SSSR count). The summed E-state index contributed by atoms with van der Waals surface area (Å²) in [4.78, 5) is 8.52. The summed E-state index contributed by atoms with van der Waals surface area (Å²) in [5.41, 5.74) is 6.40. The minimum Gasteiger partial charge on any atom is -0.303 e. The Hall–Kier alpha value is -1.92. The molecular formula is C10H14N6. The van der Waals surface area contributed by atoms with Crippen molar-refractivity contribution in [3.63, 3.8) is 0 Å². The second-order valence-electron chi connectivity index (χ2n) is 3.56. The van der Waals surface area contributed by atoms with E-state index in [1.165, 1.54) is 0 Å². The van der Waals surface area contributed by atoms with Crippen LogP contribution >= 0.6 is 0 Å². The Morgan fingerprint density at radius 2 is 1.94 bits per heavy atom. The first-order valence-electron chi connectivity index (χ1n) is 4.88. The zero-order chi connectivity index (χ0) is 11.5. The highest BCUT2D eigenvalue weighted by atomic mass is 15.5. The Morgan fingerprint density at radius 3 is 2.62 bits per heavy atom. The molecule has 0 bridgehead atoms. The van der Waals surface area contributed by atoms with Gasteiger partial charge in [-0.15, -0.1) is 0 Å². The molecule has 84 valence electrons. The van der Waals surface area contributed by atoms with Crippen molar-refractivity contribution in [2.24, 2.45) is 5.84 Å². The number of benzene rings is 1. The van der Waals surface area contributed by atoms with E-state index in [2.05, 4.69) is 20.8 Å². The molecule has 0 fully saturated rings. The van der Waals surface area contributed by atoms with Crippen LogP contribution in [0.4, 0.5) is 11.8 Å². The Bertz CT molecular complexity index is 496. The molecule has 0 saturated carbocycles. The largest absolute Gasteiger partial charge is 0.303 e. The van der Waals surface area contributed by atoms with Crippen LogP contribution in [0.5, 0.6) is 0 Å². The van der Waals surface area contributed by atoms with Crippen LogP contribution in [0.2, 0.25) is 0 Å². The zero-order valence-corrected chi connectivity index (χ0v) is 9.23. The van der Waals surface area contributed by atoms with Crippen LogP contribution in [0.1, 0.15) is 0 Å². The zero-order valence-electron chi connectivity index (χ0n) is 9.23. The van der Waals surface area contributed by atoms with E-state index in [1.54, 1.807) is 0 Å². The fraction of sp³-hybridized carbons (Fsp3) is 0.200. The molecule has 6 heteroatoms. The summed E-state index contributed by atoms with van der Waals surface area (Å²) < 4.78 is 0. The topological polar surface area (TPSA) is 79.1 Å². The molecule has 0 aliphatic carbocycles. The minimum atomic E-state index is 0.392. The number of nitrogens with zero attached hydrogens (tertiary/aromatic N) is 3. The predicted molar refractivity (Wildman–Crippen MR) is 64.7 cm³/mol. The van der Waals surface area contributed by atoms with Gasteiger partial charge in [0.05, 0.1) is 5.52 Å². The van der Waals surface area contributed by atoms with Gasteiger partial charge in [0.25, 0.3) is 0 Å². The number of nitrogens with one attached hydrogen (secondary N) is 2. The lowest BCUT2D eigenvalue weighted by molar-refractivity contribution is 0.493. The standard InChI is InChI=1S/C10H14N6/c1-16(2)15-9-7-5-3-4-6-8(7)12-10(13-9)14-11/h3-6H,11H2,1-2H3,(H2,12,13,14,15). The van der Waals surface area contributed by atoms with Gasteiger partial charge in [-0.05, 0) is 12.1 Å². The molecule has 1 heterocycles. The molecule has 0 aliphatic rings. The second kappa shape index (κ2) is 4.30. The Labute approximate surface area is 93.4 Å². The van der Waals surface area contributed by atoms with Crippen molar-refractivity contribution in [1.82, 2.24) is 15.0 Å². The van der Waals surface area contributed by atoms with Crippen molar-refractivity contribution < 1.29 is 0 Å². The van der Waals surface area contributed by atoms with Gasteiger partial charge >= 0.3 is 0 Å². The van der Waals surface area contributed by atoms with Crippen LogP contribution in [-0.2, 0) is 0 Å². The van der Waals surface area contributed by atoms with E-state index >= 15 is 0 Å². The summed E-state index contributed by atoms with van der Waals surface area (Å²) in [6, 6.07) is 7.75. The number of nitrogen functional groups attached to an aromatic ring is 1.